The SMILES string of the molecule is CC(CN1CCOCC1)N(CC(=O)Nc1ccc(Br)cc1)Cc1ccccc1. The van der Waals surface area contributed by atoms with Crippen LogP contribution in [0.15, 0.2) is 59.1 Å². The van der Waals surface area contributed by atoms with Crippen LogP contribution in [-0.2, 0) is 16.1 Å². The zero-order valence-electron chi connectivity index (χ0n) is 16.3. The predicted molar refractivity (Wildman–Crippen MR) is 116 cm³/mol. The summed E-state index contributed by atoms with van der Waals surface area (Å²) >= 11 is 3.42. The number of anilines is 1. The van der Waals surface area contributed by atoms with E-state index in [0.717, 1.165) is 49.6 Å². The first-order valence-corrected chi connectivity index (χ1v) is 10.5. The number of carbonyl (C=O) groups is 1. The lowest BCUT2D eigenvalue weighted by Crippen LogP contribution is -2.47. The van der Waals surface area contributed by atoms with E-state index in [1.165, 1.54) is 5.56 Å². The number of morpholine rings is 1. The van der Waals surface area contributed by atoms with Crippen molar-refractivity contribution in [3.8, 4) is 0 Å². The lowest BCUT2D eigenvalue weighted by atomic mass is 10.1. The van der Waals surface area contributed by atoms with Crippen LogP contribution in [0.5, 0.6) is 0 Å². The fourth-order valence-electron chi connectivity index (χ4n) is 3.38. The number of ether oxygens (including phenoxy) is 1. The van der Waals surface area contributed by atoms with Gasteiger partial charge in [-0.1, -0.05) is 46.3 Å². The number of halogens is 1. The van der Waals surface area contributed by atoms with Gasteiger partial charge in [-0.25, -0.2) is 0 Å². The van der Waals surface area contributed by atoms with Crippen molar-refractivity contribution in [2.75, 3.05) is 44.7 Å². The number of amides is 1. The Hall–Kier alpha value is -1.73. The van der Waals surface area contributed by atoms with Crippen LogP contribution in [-0.4, -0.2) is 61.1 Å². The molecule has 2 aromatic rings. The molecular formula is C22H28BrN3O2. The summed E-state index contributed by atoms with van der Waals surface area (Å²) in [5, 5.41) is 3.01. The molecule has 1 saturated heterocycles. The standard InChI is InChI=1S/C22H28BrN3O2/c1-18(15-25-11-13-28-14-12-25)26(16-19-5-3-2-4-6-19)17-22(27)24-21-9-7-20(23)8-10-21/h2-10,18H,11-17H2,1H3,(H,24,27). The average molecular weight is 446 g/mol. The van der Waals surface area contributed by atoms with E-state index < -0.39 is 0 Å². The number of hydrogen-bond donors (Lipinski definition) is 1. The third-order valence-corrected chi connectivity index (χ3v) is 5.48. The van der Waals surface area contributed by atoms with E-state index in [1.54, 1.807) is 0 Å². The molecule has 0 aromatic heterocycles. The highest BCUT2D eigenvalue weighted by molar-refractivity contribution is 9.10. The van der Waals surface area contributed by atoms with Crippen LogP contribution >= 0.6 is 15.9 Å². The summed E-state index contributed by atoms with van der Waals surface area (Å²) in [6, 6.07) is 18.3. The second-order valence-corrected chi connectivity index (χ2v) is 8.12. The van der Waals surface area contributed by atoms with E-state index in [4.69, 9.17) is 4.74 Å². The average Bonchev–Trinajstić information content (AvgIpc) is 2.71. The van der Waals surface area contributed by atoms with E-state index in [-0.39, 0.29) is 11.9 Å². The van der Waals surface area contributed by atoms with E-state index >= 15 is 0 Å². The molecule has 1 aliphatic heterocycles. The third-order valence-electron chi connectivity index (χ3n) is 4.95. The minimum Gasteiger partial charge on any atom is -0.379 e. The fraction of sp³-hybridized carbons (Fsp3) is 0.409. The van der Waals surface area contributed by atoms with Gasteiger partial charge in [0.15, 0.2) is 0 Å². The molecule has 1 amide bonds. The third kappa shape index (κ3) is 6.71. The first-order chi connectivity index (χ1) is 13.6. The number of carbonyl (C=O) groups excluding carboxylic acids is 1. The highest BCUT2D eigenvalue weighted by Crippen LogP contribution is 2.15. The molecule has 0 radical (unpaired) electrons. The smallest absolute Gasteiger partial charge is 0.238 e. The molecule has 1 unspecified atom stereocenters. The van der Waals surface area contributed by atoms with E-state index in [1.807, 2.05) is 42.5 Å². The predicted octanol–water partition coefficient (Wildman–Crippen LogP) is 3.61. The monoisotopic (exact) mass is 445 g/mol. The van der Waals surface area contributed by atoms with Gasteiger partial charge in [0, 0.05) is 42.4 Å². The highest BCUT2D eigenvalue weighted by atomic mass is 79.9. The molecule has 28 heavy (non-hydrogen) atoms. The van der Waals surface area contributed by atoms with Crippen LogP contribution in [0.2, 0.25) is 0 Å². The van der Waals surface area contributed by atoms with Gasteiger partial charge < -0.3 is 10.1 Å². The summed E-state index contributed by atoms with van der Waals surface area (Å²) in [4.78, 5) is 17.4. The molecule has 2 aromatic carbocycles. The second-order valence-electron chi connectivity index (χ2n) is 7.21. The molecule has 150 valence electrons. The van der Waals surface area contributed by atoms with Gasteiger partial charge in [0.1, 0.15) is 0 Å². The maximum atomic E-state index is 12.7. The molecular weight excluding hydrogens is 418 g/mol. The van der Waals surface area contributed by atoms with Gasteiger partial charge in [0.2, 0.25) is 5.91 Å². The largest absolute Gasteiger partial charge is 0.379 e. The molecule has 5 nitrogen and oxygen atoms in total. The molecule has 1 heterocycles. The summed E-state index contributed by atoms with van der Waals surface area (Å²) in [5.74, 6) is 0.00656. The van der Waals surface area contributed by atoms with Crippen molar-refractivity contribution in [2.24, 2.45) is 0 Å². The molecule has 0 aliphatic carbocycles. The lowest BCUT2D eigenvalue weighted by Gasteiger charge is -2.34. The van der Waals surface area contributed by atoms with Gasteiger partial charge in [-0.15, -0.1) is 0 Å². The van der Waals surface area contributed by atoms with Crippen LogP contribution in [0.25, 0.3) is 0 Å². The zero-order chi connectivity index (χ0) is 19.8. The van der Waals surface area contributed by atoms with Crippen molar-refractivity contribution in [3.05, 3.63) is 64.6 Å². The number of benzene rings is 2. The Balaban J connectivity index is 1.63. The first kappa shape index (κ1) is 21.0. The Bertz CT molecular complexity index is 733. The van der Waals surface area contributed by atoms with Crippen LogP contribution in [0.3, 0.4) is 0 Å². The minimum absolute atomic E-state index is 0.00656. The van der Waals surface area contributed by atoms with Crippen LogP contribution < -0.4 is 5.32 Å². The van der Waals surface area contributed by atoms with Gasteiger partial charge in [0.25, 0.3) is 0 Å². The molecule has 0 spiro atoms. The van der Waals surface area contributed by atoms with E-state index in [0.29, 0.717) is 6.54 Å². The number of nitrogens with zero attached hydrogens (tertiary/aromatic N) is 2. The quantitative estimate of drug-likeness (QED) is 0.673. The number of hydrogen-bond acceptors (Lipinski definition) is 4. The number of rotatable bonds is 8. The van der Waals surface area contributed by atoms with Gasteiger partial charge in [0.05, 0.1) is 19.8 Å². The van der Waals surface area contributed by atoms with E-state index in [9.17, 15) is 4.79 Å². The topological polar surface area (TPSA) is 44.8 Å². The molecule has 0 bridgehead atoms. The minimum atomic E-state index is 0.00656. The Morgan fingerprint density at radius 1 is 1.14 bits per heavy atom. The van der Waals surface area contributed by atoms with Crippen molar-refractivity contribution >= 4 is 27.5 Å². The van der Waals surface area contributed by atoms with Crippen LogP contribution in [0.4, 0.5) is 5.69 Å². The summed E-state index contributed by atoms with van der Waals surface area (Å²) in [6.07, 6.45) is 0. The van der Waals surface area contributed by atoms with Crippen molar-refractivity contribution in [2.45, 2.75) is 19.5 Å². The Morgan fingerprint density at radius 2 is 1.82 bits per heavy atom. The summed E-state index contributed by atoms with van der Waals surface area (Å²) < 4.78 is 6.45. The van der Waals surface area contributed by atoms with Gasteiger partial charge in [-0.3, -0.25) is 14.6 Å². The zero-order valence-corrected chi connectivity index (χ0v) is 17.9. The lowest BCUT2D eigenvalue weighted by molar-refractivity contribution is -0.118. The first-order valence-electron chi connectivity index (χ1n) is 9.73. The van der Waals surface area contributed by atoms with Crippen molar-refractivity contribution < 1.29 is 9.53 Å². The molecule has 3 rings (SSSR count). The molecule has 1 aliphatic rings. The fourth-order valence-corrected chi connectivity index (χ4v) is 3.64. The maximum Gasteiger partial charge on any atom is 0.238 e. The van der Waals surface area contributed by atoms with Crippen LogP contribution in [0.1, 0.15) is 12.5 Å². The second kappa shape index (κ2) is 10.7. The van der Waals surface area contributed by atoms with Crippen molar-refractivity contribution in [1.29, 1.82) is 0 Å². The van der Waals surface area contributed by atoms with E-state index in [2.05, 4.69) is 50.1 Å². The summed E-state index contributed by atoms with van der Waals surface area (Å²) in [7, 11) is 0. The maximum absolute atomic E-state index is 12.7. The van der Waals surface area contributed by atoms with Gasteiger partial charge in [-0.05, 0) is 36.8 Å². The Labute approximate surface area is 175 Å². The van der Waals surface area contributed by atoms with Gasteiger partial charge >= 0.3 is 0 Å². The summed E-state index contributed by atoms with van der Waals surface area (Å²) in [6.45, 7) is 7.72. The van der Waals surface area contributed by atoms with Crippen molar-refractivity contribution in [3.63, 3.8) is 0 Å². The Kier molecular flexibility index (Phi) is 8.03. The Morgan fingerprint density at radius 3 is 2.50 bits per heavy atom. The summed E-state index contributed by atoms with van der Waals surface area (Å²) in [5.41, 5.74) is 2.03. The molecule has 1 N–H and O–H groups in total. The highest BCUT2D eigenvalue weighted by Gasteiger charge is 2.21. The van der Waals surface area contributed by atoms with Crippen molar-refractivity contribution in [1.82, 2.24) is 9.80 Å². The number of nitrogens with one attached hydrogen (secondary N) is 1. The molecule has 1 atom stereocenters. The normalized spacial score (nSPS) is 16.1. The van der Waals surface area contributed by atoms with Crippen LogP contribution in [0, 0.1) is 0 Å². The van der Waals surface area contributed by atoms with Gasteiger partial charge in [-0.2, -0.15) is 0 Å². The molecule has 6 heteroatoms. The molecule has 1 fully saturated rings. The molecule has 0 saturated carbocycles.